The van der Waals surface area contributed by atoms with Gasteiger partial charge in [-0.05, 0) is 30.5 Å². The van der Waals surface area contributed by atoms with E-state index in [4.69, 9.17) is 0 Å². The summed E-state index contributed by atoms with van der Waals surface area (Å²) in [6.45, 7) is 4.13. The second-order valence-corrected chi connectivity index (χ2v) is 4.43. The minimum atomic E-state index is -4.32. The molecule has 0 spiro atoms. The van der Waals surface area contributed by atoms with Gasteiger partial charge in [-0.1, -0.05) is 26.0 Å². The molecule has 0 heterocycles. The highest BCUT2D eigenvalue weighted by atomic mass is 19.4. The van der Waals surface area contributed by atoms with Crippen molar-refractivity contribution in [1.29, 1.82) is 0 Å². The lowest BCUT2D eigenvalue weighted by Crippen LogP contribution is -2.29. The quantitative estimate of drug-likeness (QED) is 0.869. The van der Waals surface area contributed by atoms with Crippen molar-refractivity contribution in [2.45, 2.75) is 39.4 Å². The lowest BCUT2D eigenvalue weighted by Gasteiger charge is -2.13. The van der Waals surface area contributed by atoms with Crippen LogP contribution in [0.25, 0.3) is 0 Å². The highest BCUT2D eigenvalue weighted by molar-refractivity contribution is 5.78. The number of carbonyl (C=O) groups excluding carboxylic acids is 1. The molecule has 0 atom stereocenters. The molecule has 0 bridgehead atoms. The van der Waals surface area contributed by atoms with Crippen LogP contribution in [0.3, 0.4) is 0 Å². The van der Waals surface area contributed by atoms with Crippen LogP contribution in [0.4, 0.5) is 13.2 Å². The normalized spacial score (nSPS) is 11.7. The topological polar surface area (TPSA) is 29.1 Å². The van der Waals surface area contributed by atoms with Crippen molar-refractivity contribution in [2.75, 3.05) is 0 Å². The summed E-state index contributed by atoms with van der Waals surface area (Å²) in [5.74, 6) is -0.0839. The summed E-state index contributed by atoms with van der Waals surface area (Å²) < 4.78 is 37.1. The predicted molar refractivity (Wildman–Crippen MR) is 67.4 cm³/mol. The second-order valence-electron chi connectivity index (χ2n) is 4.43. The minimum absolute atomic E-state index is 0.0329. The first kappa shape index (κ1) is 15.5. The molecule has 19 heavy (non-hydrogen) atoms. The Hall–Kier alpha value is -1.52. The maximum atomic E-state index is 12.4. The SMILES string of the molecule is CCC(CC)C(=O)NCc1ccc(C(F)(F)F)cc1. The summed E-state index contributed by atoms with van der Waals surface area (Å²) in [4.78, 5) is 11.7. The number of benzene rings is 1. The zero-order chi connectivity index (χ0) is 14.5. The number of hydrogen-bond acceptors (Lipinski definition) is 1. The standard InChI is InChI=1S/C14H18F3NO/c1-3-11(4-2)13(19)18-9-10-5-7-12(8-6-10)14(15,16)17/h5-8,11H,3-4,9H2,1-2H3,(H,18,19). The maximum Gasteiger partial charge on any atom is 0.416 e. The van der Waals surface area contributed by atoms with Gasteiger partial charge in [-0.15, -0.1) is 0 Å². The molecular weight excluding hydrogens is 255 g/mol. The molecule has 1 aromatic rings. The van der Waals surface area contributed by atoms with E-state index >= 15 is 0 Å². The summed E-state index contributed by atoms with van der Waals surface area (Å²) >= 11 is 0. The average molecular weight is 273 g/mol. The fourth-order valence-electron chi connectivity index (χ4n) is 1.80. The molecule has 1 amide bonds. The third-order valence-electron chi connectivity index (χ3n) is 3.10. The zero-order valence-electron chi connectivity index (χ0n) is 11.1. The molecule has 0 saturated heterocycles. The van der Waals surface area contributed by atoms with Gasteiger partial charge in [-0.3, -0.25) is 4.79 Å². The van der Waals surface area contributed by atoms with Crippen LogP contribution >= 0.6 is 0 Å². The van der Waals surface area contributed by atoms with Gasteiger partial charge in [0.25, 0.3) is 0 Å². The molecule has 0 saturated carbocycles. The Kier molecular flexibility index (Phi) is 5.39. The fourth-order valence-corrected chi connectivity index (χ4v) is 1.80. The van der Waals surface area contributed by atoms with E-state index in [1.54, 1.807) is 0 Å². The number of rotatable bonds is 5. The monoisotopic (exact) mass is 273 g/mol. The first-order valence-corrected chi connectivity index (χ1v) is 6.32. The van der Waals surface area contributed by atoms with Crippen LogP contribution in [-0.4, -0.2) is 5.91 Å². The molecule has 1 rings (SSSR count). The largest absolute Gasteiger partial charge is 0.416 e. The summed E-state index contributed by atoms with van der Waals surface area (Å²) in [5.41, 5.74) is -0.0186. The van der Waals surface area contributed by atoms with Crippen LogP contribution < -0.4 is 5.32 Å². The highest BCUT2D eigenvalue weighted by Gasteiger charge is 2.29. The van der Waals surface area contributed by atoms with Crippen molar-refractivity contribution in [1.82, 2.24) is 5.32 Å². The Morgan fingerprint density at radius 3 is 2.11 bits per heavy atom. The number of carbonyl (C=O) groups is 1. The first-order valence-electron chi connectivity index (χ1n) is 6.32. The predicted octanol–water partition coefficient (Wildman–Crippen LogP) is 3.76. The highest BCUT2D eigenvalue weighted by Crippen LogP contribution is 2.29. The van der Waals surface area contributed by atoms with Crippen LogP contribution in [0.2, 0.25) is 0 Å². The van der Waals surface area contributed by atoms with Crippen LogP contribution in [0.5, 0.6) is 0 Å². The molecule has 1 aromatic carbocycles. The van der Waals surface area contributed by atoms with Gasteiger partial charge >= 0.3 is 6.18 Å². The molecule has 0 aliphatic rings. The second kappa shape index (κ2) is 6.59. The van der Waals surface area contributed by atoms with E-state index in [2.05, 4.69) is 5.32 Å². The molecule has 1 N–H and O–H groups in total. The Morgan fingerprint density at radius 1 is 1.16 bits per heavy atom. The number of hydrogen-bond donors (Lipinski definition) is 1. The van der Waals surface area contributed by atoms with Crippen LogP contribution in [0.1, 0.15) is 37.8 Å². The van der Waals surface area contributed by atoms with E-state index in [0.717, 1.165) is 25.0 Å². The van der Waals surface area contributed by atoms with E-state index < -0.39 is 11.7 Å². The Balaban J connectivity index is 2.57. The lowest BCUT2D eigenvalue weighted by molar-refractivity contribution is -0.137. The summed E-state index contributed by atoms with van der Waals surface area (Å²) in [7, 11) is 0. The molecule has 0 radical (unpaired) electrons. The molecule has 0 unspecified atom stereocenters. The van der Waals surface area contributed by atoms with Crippen molar-refractivity contribution < 1.29 is 18.0 Å². The molecule has 0 aromatic heterocycles. The van der Waals surface area contributed by atoms with Crippen LogP contribution in [0, 0.1) is 5.92 Å². The number of amides is 1. The Labute approximate surface area is 111 Å². The molecule has 0 aliphatic carbocycles. The third-order valence-corrected chi connectivity index (χ3v) is 3.10. The van der Waals surface area contributed by atoms with Gasteiger partial charge in [0.1, 0.15) is 0 Å². The van der Waals surface area contributed by atoms with Crippen molar-refractivity contribution in [2.24, 2.45) is 5.92 Å². The molecule has 2 nitrogen and oxygen atoms in total. The Bertz CT molecular complexity index is 408. The van der Waals surface area contributed by atoms with Gasteiger partial charge in [0, 0.05) is 12.5 Å². The van der Waals surface area contributed by atoms with E-state index in [1.165, 1.54) is 12.1 Å². The summed E-state index contributed by atoms with van der Waals surface area (Å²) in [6, 6.07) is 4.82. The summed E-state index contributed by atoms with van der Waals surface area (Å²) in [6.07, 6.45) is -2.80. The van der Waals surface area contributed by atoms with Gasteiger partial charge < -0.3 is 5.32 Å². The van der Waals surface area contributed by atoms with Crippen molar-refractivity contribution in [3.8, 4) is 0 Å². The van der Waals surface area contributed by atoms with E-state index in [-0.39, 0.29) is 18.4 Å². The van der Waals surface area contributed by atoms with Gasteiger partial charge in [0.15, 0.2) is 0 Å². The van der Waals surface area contributed by atoms with Gasteiger partial charge in [-0.2, -0.15) is 13.2 Å². The molecule has 5 heteroatoms. The minimum Gasteiger partial charge on any atom is -0.352 e. The fraction of sp³-hybridized carbons (Fsp3) is 0.500. The average Bonchev–Trinajstić information content (AvgIpc) is 2.37. The Morgan fingerprint density at radius 2 is 1.68 bits per heavy atom. The van der Waals surface area contributed by atoms with Crippen LogP contribution in [-0.2, 0) is 17.5 Å². The van der Waals surface area contributed by atoms with E-state index in [9.17, 15) is 18.0 Å². The van der Waals surface area contributed by atoms with E-state index in [1.807, 2.05) is 13.8 Å². The van der Waals surface area contributed by atoms with Gasteiger partial charge in [0.05, 0.1) is 5.56 Å². The number of halogens is 3. The van der Waals surface area contributed by atoms with Crippen molar-refractivity contribution >= 4 is 5.91 Å². The first-order chi connectivity index (χ1) is 8.88. The summed E-state index contributed by atoms with van der Waals surface area (Å²) in [5, 5.41) is 2.74. The third kappa shape index (κ3) is 4.58. The lowest BCUT2D eigenvalue weighted by atomic mass is 10.0. The zero-order valence-corrected chi connectivity index (χ0v) is 11.1. The number of nitrogens with one attached hydrogen (secondary N) is 1. The number of alkyl halides is 3. The molecule has 0 fully saturated rings. The molecule has 0 aliphatic heterocycles. The van der Waals surface area contributed by atoms with Crippen molar-refractivity contribution in [3.63, 3.8) is 0 Å². The van der Waals surface area contributed by atoms with Crippen LogP contribution in [0.15, 0.2) is 24.3 Å². The van der Waals surface area contributed by atoms with E-state index in [0.29, 0.717) is 5.56 Å². The van der Waals surface area contributed by atoms with Gasteiger partial charge in [-0.25, -0.2) is 0 Å². The smallest absolute Gasteiger partial charge is 0.352 e. The van der Waals surface area contributed by atoms with Gasteiger partial charge in [0.2, 0.25) is 5.91 Å². The molecule has 106 valence electrons. The van der Waals surface area contributed by atoms with Crippen molar-refractivity contribution in [3.05, 3.63) is 35.4 Å². The molecular formula is C14H18F3NO. The maximum absolute atomic E-state index is 12.4.